The highest BCUT2D eigenvalue weighted by atomic mass is 32.2. The first-order valence-corrected chi connectivity index (χ1v) is 8.12. The van der Waals surface area contributed by atoms with Gasteiger partial charge in [-0.15, -0.1) is 0 Å². The molecule has 19 heavy (non-hydrogen) atoms. The lowest BCUT2D eigenvalue weighted by atomic mass is 10.2. The van der Waals surface area contributed by atoms with Crippen molar-refractivity contribution in [3.05, 3.63) is 35.9 Å². The van der Waals surface area contributed by atoms with Gasteiger partial charge in [-0.3, -0.25) is 4.79 Å². The van der Waals surface area contributed by atoms with Crippen LogP contribution < -0.4 is 5.32 Å². The molecule has 0 radical (unpaired) electrons. The number of rotatable bonds is 5. The van der Waals surface area contributed by atoms with Gasteiger partial charge in [0, 0.05) is 37.6 Å². The molecule has 1 N–H and O–H groups in total. The van der Waals surface area contributed by atoms with Crippen molar-refractivity contribution < 1.29 is 4.79 Å². The van der Waals surface area contributed by atoms with Crippen LogP contribution in [-0.4, -0.2) is 42.7 Å². The molecule has 1 aliphatic rings. The quantitative estimate of drug-likeness (QED) is 0.838. The molecule has 1 fully saturated rings. The van der Waals surface area contributed by atoms with Crippen molar-refractivity contribution >= 4 is 17.7 Å². The van der Waals surface area contributed by atoms with Gasteiger partial charge >= 0.3 is 0 Å². The normalized spacial score (nSPS) is 16.1. The molecule has 1 aromatic carbocycles. The highest BCUT2D eigenvalue weighted by Gasteiger charge is 2.14. The fraction of sp³-hybridized carbons (Fsp3) is 0.533. The molecule has 1 saturated heterocycles. The fourth-order valence-electron chi connectivity index (χ4n) is 2.18. The number of benzene rings is 1. The number of hydrogen-bond acceptors (Lipinski definition) is 3. The Morgan fingerprint density at radius 3 is 2.89 bits per heavy atom. The van der Waals surface area contributed by atoms with E-state index in [-0.39, 0.29) is 0 Å². The van der Waals surface area contributed by atoms with Gasteiger partial charge in [-0.05, 0) is 18.5 Å². The molecular formula is C15H22N2OS. The van der Waals surface area contributed by atoms with Crippen LogP contribution in [-0.2, 0) is 10.5 Å². The van der Waals surface area contributed by atoms with E-state index in [0.29, 0.717) is 12.3 Å². The molecule has 0 bridgehead atoms. The minimum atomic E-state index is 0.310. The number of amides is 1. The summed E-state index contributed by atoms with van der Waals surface area (Å²) in [6.45, 7) is 3.74. The monoisotopic (exact) mass is 278 g/mol. The molecule has 0 atom stereocenters. The van der Waals surface area contributed by atoms with Gasteiger partial charge in [-0.1, -0.05) is 30.3 Å². The molecule has 0 spiro atoms. The Hall–Kier alpha value is -1.00. The van der Waals surface area contributed by atoms with Gasteiger partial charge in [0.1, 0.15) is 0 Å². The van der Waals surface area contributed by atoms with Gasteiger partial charge in [0.05, 0.1) is 0 Å². The standard InChI is InChI=1S/C15H22N2OS/c18-15(17-10-4-8-16-9-11-17)7-12-19-13-14-5-2-1-3-6-14/h1-3,5-6,16H,4,7-13H2. The summed E-state index contributed by atoms with van der Waals surface area (Å²) in [5, 5.41) is 3.32. The van der Waals surface area contributed by atoms with Gasteiger partial charge in [0.2, 0.25) is 5.91 Å². The van der Waals surface area contributed by atoms with Crippen LogP contribution in [0, 0.1) is 0 Å². The second kappa shape index (κ2) is 8.23. The largest absolute Gasteiger partial charge is 0.341 e. The third-order valence-electron chi connectivity index (χ3n) is 3.26. The highest BCUT2D eigenvalue weighted by molar-refractivity contribution is 7.98. The van der Waals surface area contributed by atoms with Crippen LogP contribution in [0.1, 0.15) is 18.4 Å². The smallest absolute Gasteiger partial charge is 0.223 e. The molecule has 0 saturated carbocycles. The van der Waals surface area contributed by atoms with Gasteiger partial charge in [-0.25, -0.2) is 0 Å². The summed E-state index contributed by atoms with van der Waals surface area (Å²) in [6.07, 6.45) is 1.74. The zero-order valence-corrected chi connectivity index (χ0v) is 12.1. The van der Waals surface area contributed by atoms with Crippen molar-refractivity contribution in [2.45, 2.75) is 18.6 Å². The summed E-state index contributed by atoms with van der Waals surface area (Å²) < 4.78 is 0. The Balaban J connectivity index is 1.63. The second-order valence-corrected chi connectivity index (χ2v) is 5.88. The summed E-state index contributed by atoms with van der Waals surface area (Å²) in [5.74, 6) is 2.22. The van der Waals surface area contributed by atoms with Crippen molar-refractivity contribution in [1.29, 1.82) is 0 Å². The predicted octanol–water partition coefficient (Wildman–Crippen LogP) is 2.13. The average molecular weight is 278 g/mol. The first-order valence-electron chi connectivity index (χ1n) is 6.96. The first-order chi connectivity index (χ1) is 9.36. The number of thioether (sulfide) groups is 1. The number of nitrogens with zero attached hydrogens (tertiary/aromatic N) is 1. The van der Waals surface area contributed by atoms with E-state index in [1.54, 1.807) is 0 Å². The van der Waals surface area contributed by atoms with Crippen molar-refractivity contribution in [2.24, 2.45) is 0 Å². The predicted molar refractivity (Wildman–Crippen MR) is 81.3 cm³/mol. The van der Waals surface area contributed by atoms with Crippen molar-refractivity contribution in [3.8, 4) is 0 Å². The van der Waals surface area contributed by atoms with E-state index in [9.17, 15) is 4.79 Å². The van der Waals surface area contributed by atoms with E-state index in [1.807, 2.05) is 22.7 Å². The van der Waals surface area contributed by atoms with Crippen molar-refractivity contribution in [2.75, 3.05) is 31.9 Å². The molecule has 0 aliphatic carbocycles. The van der Waals surface area contributed by atoms with Gasteiger partial charge in [0.25, 0.3) is 0 Å². The second-order valence-electron chi connectivity index (χ2n) is 4.77. The lowest BCUT2D eigenvalue weighted by molar-refractivity contribution is -0.130. The first kappa shape index (κ1) is 14.4. The maximum Gasteiger partial charge on any atom is 0.223 e. The lowest BCUT2D eigenvalue weighted by Gasteiger charge is -2.19. The molecule has 3 nitrogen and oxygen atoms in total. The molecular weight excluding hydrogens is 256 g/mol. The molecule has 0 aromatic heterocycles. The zero-order chi connectivity index (χ0) is 13.3. The summed E-state index contributed by atoms with van der Waals surface area (Å²) in [4.78, 5) is 14.1. The van der Waals surface area contributed by atoms with Gasteiger partial charge in [0.15, 0.2) is 0 Å². The molecule has 1 aromatic rings. The van der Waals surface area contributed by atoms with Crippen LogP contribution in [0.5, 0.6) is 0 Å². The Bertz CT molecular complexity index is 375. The minimum absolute atomic E-state index is 0.310. The number of hydrogen-bond donors (Lipinski definition) is 1. The molecule has 4 heteroatoms. The van der Waals surface area contributed by atoms with Crippen molar-refractivity contribution in [3.63, 3.8) is 0 Å². The zero-order valence-electron chi connectivity index (χ0n) is 11.3. The molecule has 104 valence electrons. The van der Waals surface area contributed by atoms with Gasteiger partial charge < -0.3 is 10.2 Å². The van der Waals surface area contributed by atoms with E-state index < -0.39 is 0 Å². The molecule has 2 rings (SSSR count). The molecule has 1 amide bonds. The van der Waals surface area contributed by atoms with Crippen LogP contribution in [0.15, 0.2) is 30.3 Å². The SMILES string of the molecule is O=C(CCSCc1ccccc1)N1CCCNCC1. The maximum absolute atomic E-state index is 12.0. The number of nitrogens with one attached hydrogen (secondary N) is 1. The Morgan fingerprint density at radius 2 is 2.05 bits per heavy atom. The minimum Gasteiger partial charge on any atom is -0.341 e. The van der Waals surface area contributed by atoms with Crippen LogP contribution >= 0.6 is 11.8 Å². The van der Waals surface area contributed by atoms with Crippen LogP contribution in [0.3, 0.4) is 0 Å². The van der Waals surface area contributed by atoms with E-state index in [0.717, 1.165) is 44.1 Å². The Kier molecular flexibility index (Phi) is 6.24. The summed E-state index contributed by atoms with van der Waals surface area (Å²) >= 11 is 1.84. The fourth-order valence-corrected chi connectivity index (χ4v) is 3.07. The van der Waals surface area contributed by atoms with Crippen LogP contribution in [0.2, 0.25) is 0 Å². The molecule has 1 aliphatic heterocycles. The third-order valence-corrected chi connectivity index (χ3v) is 4.29. The lowest BCUT2D eigenvalue weighted by Crippen LogP contribution is -2.34. The van der Waals surface area contributed by atoms with E-state index in [1.165, 1.54) is 5.56 Å². The summed E-state index contributed by atoms with van der Waals surface area (Å²) in [5.41, 5.74) is 1.33. The topological polar surface area (TPSA) is 32.3 Å². The number of carbonyl (C=O) groups is 1. The van der Waals surface area contributed by atoms with Crippen molar-refractivity contribution in [1.82, 2.24) is 10.2 Å². The Morgan fingerprint density at radius 1 is 1.21 bits per heavy atom. The maximum atomic E-state index is 12.0. The van der Waals surface area contributed by atoms with Gasteiger partial charge in [-0.2, -0.15) is 11.8 Å². The van der Waals surface area contributed by atoms with Crippen LogP contribution in [0.4, 0.5) is 0 Å². The Labute approximate surface area is 119 Å². The third kappa shape index (κ3) is 5.25. The molecule has 0 unspecified atom stereocenters. The average Bonchev–Trinajstić information content (AvgIpc) is 2.73. The summed E-state index contributed by atoms with van der Waals surface area (Å²) in [6, 6.07) is 10.4. The highest BCUT2D eigenvalue weighted by Crippen LogP contribution is 2.13. The summed E-state index contributed by atoms with van der Waals surface area (Å²) in [7, 11) is 0. The van der Waals surface area contributed by atoms with Crippen LogP contribution in [0.25, 0.3) is 0 Å². The van der Waals surface area contributed by atoms with E-state index in [2.05, 4.69) is 29.6 Å². The number of carbonyl (C=O) groups excluding carboxylic acids is 1. The van der Waals surface area contributed by atoms with E-state index >= 15 is 0 Å². The molecule has 1 heterocycles. The van der Waals surface area contributed by atoms with E-state index in [4.69, 9.17) is 0 Å².